The second kappa shape index (κ2) is 9.61. The van der Waals surface area contributed by atoms with E-state index >= 15 is 0 Å². The quantitative estimate of drug-likeness (QED) is 0.142. The first-order chi connectivity index (χ1) is 16.4. The molecular formula is C25H16N2O7. The van der Waals surface area contributed by atoms with Gasteiger partial charge in [-0.1, -0.05) is 60.7 Å². The Morgan fingerprint density at radius 1 is 0.588 bits per heavy atom. The summed E-state index contributed by atoms with van der Waals surface area (Å²) in [4.78, 5) is 33.9. The first-order valence-corrected chi connectivity index (χ1v) is 10.00. The highest BCUT2D eigenvalue weighted by Crippen LogP contribution is 2.34. The van der Waals surface area contributed by atoms with Gasteiger partial charge in [0.05, 0.1) is 9.85 Å². The van der Waals surface area contributed by atoms with Gasteiger partial charge in [0.1, 0.15) is 11.5 Å². The lowest BCUT2D eigenvalue weighted by Gasteiger charge is -2.12. The van der Waals surface area contributed by atoms with Gasteiger partial charge in [0.2, 0.25) is 0 Å². The van der Waals surface area contributed by atoms with Crippen LogP contribution in [0, 0.1) is 20.2 Å². The predicted molar refractivity (Wildman–Crippen MR) is 124 cm³/mol. The minimum atomic E-state index is -1.03. The number of para-hydroxylation sites is 2. The molecule has 0 bridgehead atoms. The molecule has 0 atom stereocenters. The molecule has 0 aliphatic heterocycles. The van der Waals surface area contributed by atoms with Crippen LogP contribution >= 0.6 is 0 Å². The number of non-ortho nitro benzene ring substituents is 2. The van der Waals surface area contributed by atoms with Crippen LogP contribution in [-0.2, 0) is 0 Å². The zero-order valence-corrected chi connectivity index (χ0v) is 17.5. The molecule has 0 aliphatic carbocycles. The van der Waals surface area contributed by atoms with Gasteiger partial charge in [-0.15, -0.1) is 0 Å². The molecule has 0 aromatic heterocycles. The van der Waals surface area contributed by atoms with Crippen LogP contribution in [0.4, 0.5) is 16.2 Å². The maximum absolute atomic E-state index is 12.6. The zero-order valence-electron chi connectivity index (χ0n) is 17.5. The van der Waals surface area contributed by atoms with Crippen molar-refractivity contribution in [2.45, 2.75) is 0 Å². The zero-order chi connectivity index (χ0) is 24.1. The molecule has 0 amide bonds. The number of hydrogen-bond donors (Lipinski definition) is 0. The van der Waals surface area contributed by atoms with Crippen LogP contribution in [-0.4, -0.2) is 16.0 Å². The second-order valence-corrected chi connectivity index (χ2v) is 7.06. The molecule has 0 saturated carbocycles. The second-order valence-electron chi connectivity index (χ2n) is 7.06. The molecule has 4 aromatic carbocycles. The highest BCUT2D eigenvalue weighted by molar-refractivity contribution is 5.79. The molecule has 9 heteroatoms. The Balaban J connectivity index is 1.60. The molecule has 0 N–H and O–H groups in total. The van der Waals surface area contributed by atoms with E-state index in [4.69, 9.17) is 9.47 Å². The van der Waals surface area contributed by atoms with E-state index in [9.17, 15) is 25.0 Å². The number of nitro groups is 2. The molecular weight excluding hydrogens is 440 g/mol. The highest BCUT2D eigenvalue weighted by Gasteiger charge is 2.17. The Kier molecular flexibility index (Phi) is 6.26. The van der Waals surface area contributed by atoms with Crippen LogP contribution in [0.5, 0.6) is 11.5 Å². The number of carbonyl (C=O) groups excluding carboxylic acids is 1. The molecule has 0 radical (unpaired) electrons. The summed E-state index contributed by atoms with van der Waals surface area (Å²) in [6, 6.07) is 25.1. The van der Waals surface area contributed by atoms with Crippen LogP contribution in [0.25, 0.3) is 22.3 Å². The predicted octanol–water partition coefficient (Wildman–Crippen LogP) is 6.41. The van der Waals surface area contributed by atoms with Gasteiger partial charge < -0.3 is 9.47 Å². The van der Waals surface area contributed by atoms with E-state index in [1.807, 2.05) is 0 Å². The van der Waals surface area contributed by atoms with Crippen molar-refractivity contribution in [1.82, 2.24) is 0 Å². The van der Waals surface area contributed by atoms with E-state index in [1.54, 1.807) is 60.7 Å². The van der Waals surface area contributed by atoms with Crippen molar-refractivity contribution < 1.29 is 24.1 Å². The van der Waals surface area contributed by atoms with Crippen LogP contribution in [0.2, 0.25) is 0 Å². The van der Waals surface area contributed by atoms with Gasteiger partial charge in [0.15, 0.2) is 0 Å². The summed E-state index contributed by atoms with van der Waals surface area (Å²) in [5, 5.41) is 22.2. The van der Waals surface area contributed by atoms with E-state index in [-0.39, 0.29) is 22.9 Å². The number of rotatable bonds is 6. The number of carbonyl (C=O) groups is 1. The molecule has 168 valence electrons. The van der Waals surface area contributed by atoms with Crippen molar-refractivity contribution in [2.24, 2.45) is 0 Å². The van der Waals surface area contributed by atoms with Gasteiger partial charge in [0.25, 0.3) is 11.4 Å². The molecule has 0 saturated heterocycles. The normalized spacial score (nSPS) is 10.4. The Labute approximate surface area is 193 Å². The van der Waals surface area contributed by atoms with Gasteiger partial charge in [-0.3, -0.25) is 20.2 Å². The fraction of sp³-hybridized carbons (Fsp3) is 0. The third-order valence-corrected chi connectivity index (χ3v) is 4.90. The van der Waals surface area contributed by atoms with Gasteiger partial charge in [-0.2, -0.15) is 0 Å². The fourth-order valence-electron chi connectivity index (χ4n) is 3.36. The summed E-state index contributed by atoms with van der Waals surface area (Å²) in [7, 11) is 0. The summed E-state index contributed by atoms with van der Waals surface area (Å²) < 4.78 is 10.8. The van der Waals surface area contributed by atoms with Crippen molar-refractivity contribution in [3.8, 4) is 33.8 Å². The number of benzene rings is 4. The smallest absolute Gasteiger partial charge is 0.394 e. The van der Waals surface area contributed by atoms with Crippen LogP contribution in [0.3, 0.4) is 0 Å². The SMILES string of the molecule is O=C(Oc1ccccc1-c1cccc([N+](=O)[O-])c1)Oc1ccccc1-c1cccc([N+](=O)[O-])c1. The molecule has 34 heavy (non-hydrogen) atoms. The monoisotopic (exact) mass is 456 g/mol. The molecule has 9 nitrogen and oxygen atoms in total. The van der Waals surface area contributed by atoms with E-state index in [1.165, 1.54) is 36.4 Å². The van der Waals surface area contributed by atoms with E-state index in [2.05, 4.69) is 0 Å². The first-order valence-electron chi connectivity index (χ1n) is 10.00. The number of ether oxygens (including phenoxy) is 2. The number of nitrogens with zero attached hydrogens (tertiary/aromatic N) is 2. The summed E-state index contributed by atoms with van der Waals surface area (Å²) in [5.74, 6) is 0.307. The van der Waals surface area contributed by atoms with E-state index in [0.717, 1.165) is 0 Å². The molecule has 0 spiro atoms. The Hall–Kier alpha value is -5.05. The van der Waals surface area contributed by atoms with Gasteiger partial charge in [-0.05, 0) is 23.3 Å². The topological polar surface area (TPSA) is 122 Å². The lowest BCUT2D eigenvalue weighted by molar-refractivity contribution is -0.385. The third-order valence-electron chi connectivity index (χ3n) is 4.90. The Morgan fingerprint density at radius 2 is 1.00 bits per heavy atom. The summed E-state index contributed by atoms with van der Waals surface area (Å²) in [6.07, 6.45) is -1.03. The molecule has 0 fully saturated rings. The standard InChI is InChI=1S/C25H16N2O7/c28-25(33-23-13-3-1-11-21(23)17-7-5-9-19(15-17)26(29)30)34-24-14-4-2-12-22(24)18-8-6-10-20(16-18)27(31)32/h1-16H. The summed E-state index contributed by atoms with van der Waals surface area (Å²) in [6.45, 7) is 0. The lowest BCUT2D eigenvalue weighted by atomic mass is 10.0. The largest absolute Gasteiger partial charge is 0.519 e. The fourth-order valence-corrected chi connectivity index (χ4v) is 3.36. The number of nitro benzene ring substituents is 2. The van der Waals surface area contributed by atoms with Crippen molar-refractivity contribution in [2.75, 3.05) is 0 Å². The summed E-state index contributed by atoms with van der Waals surface area (Å²) >= 11 is 0. The van der Waals surface area contributed by atoms with E-state index in [0.29, 0.717) is 22.3 Å². The Morgan fingerprint density at radius 3 is 1.41 bits per heavy atom. The van der Waals surface area contributed by atoms with Crippen molar-refractivity contribution in [1.29, 1.82) is 0 Å². The van der Waals surface area contributed by atoms with Crippen LogP contribution in [0.1, 0.15) is 0 Å². The van der Waals surface area contributed by atoms with Gasteiger partial charge >= 0.3 is 6.16 Å². The molecule has 0 aliphatic rings. The van der Waals surface area contributed by atoms with Crippen molar-refractivity contribution in [3.05, 3.63) is 117 Å². The molecule has 0 unspecified atom stereocenters. The average Bonchev–Trinajstić information content (AvgIpc) is 2.85. The maximum atomic E-state index is 12.6. The lowest BCUT2D eigenvalue weighted by Crippen LogP contribution is -2.14. The maximum Gasteiger partial charge on any atom is 0.519 e. The van der Waals surface area contributed by atoms with Crippen LogP contribution < -0.4 is 9.47 Å². The van der Waals surface area contributed by atoms with Crippen LogP contribution in [0.15, 0.2) is 97.1 Å². The van der Waals surface area contributed by atoms with Crippen molar-refractivity contribution in [3.63, 3.8) is 0 Å². The summed E-state index contributed by atoms with van der Waals surface area (Å²) in [5.41, 5.74) is 1.73. The van der Waals surface area contributed by atoms with E-state index < -0.39 is 16.0 Å². The Bertz CT molecular complexity index is 1300. The number of hydrogen-bond acceptors (Lipinski definition) is 7. The third kappa shape index (κ3) is 4.89. The van der Waals surface area contributed by atoms with Gasteiger partial charge in [-0.25, -0.2) is 4.79 Å². The minimum absolute atomic E-state index is 0.0965. The van der Waals surface area contributed by atoms with Gasteiger partial charge in [0, 0.05) is 35.4 Å². The molecule has 4 rings (SSSR count). The average molecular weight is 456 g/mol. The highest BCUT2D eigenvalue weighted by atomic mass is 16.7. The minimum Gasteiger partial charge on any atom is -0.394 e. The molecule has 4 aromatic rings. The first kappa shape index (κ1) is 22.2. The van der Waals surface area contributed by atoms with Crippen molar-refractivity contribution >= 4 is 17.5 Å². The molecule has 0 heterocycles.